The first-order valence-corrected chi connectivity index (χ1v) is 8.05. The Balaban J connectivity index is 1.59. The average Bonchev–Trinajstić information content (AvgIpc) is 2.80. The molecule has 0 saturated carbocycles. The molecule has 140 valence electrons. The minimum Gasteiger partial charge on any atom is -0.311 e. The van der Waals surface area contributed by atoms with Crippen LogP contribution in [0.5, 0.6) is 0 Å². The van der Waals surface area contributed by atoms with Gasteiger partial charge in [-0.05, 0) is 6.07 Å². The van der Waals surface area contributed by atoms with Gasteiger partial charge in [0.05, 0.1) is 6.20 Å². The molecule has 3 heterocycles. The van der Waals surface area contributed by atoms with Crippen molar-refractivity contribution in [2.45, 2.75) is 6.18 Å². The molecule has 1 aromatic rings. The van der Waals surface area contributed by atoms with Crippen LogP contribution in [0.2, 0.25) is 0 Å². The number of amides is 4. The van der Waals surface area contributed by atoms with E-state index in [4.69, 9.17) is 0 Å². The number of pyridine rings is 1. The third kappa shape index (κ3) is 3.77. The van der Waals surface area contributed by atoms with Crippen LogP contribution >= 0.6 is 0 Å². The van der Waals surface area contributed by atoms with E-state index in [1.165, 1.54) is 0 Å². The van der Waals surface area contributed by atoms with E-state index in [-0.39, 0.29) is 11.6 Å². The number of urea groups is 1. The van der Waals surface area contributed by atoms with E-state index in [1.807, 2.05) is 18.2 Å². The largest absolute Gasteiger partial charge is 0.406 e. The number of nitrogens with zero attached hydrogens (tertiary/aromatic N) is 3. The van der Waals surface area contributed by atoms with Gasteiger partial charge in [0.1, 0.15) is 32.7 Å². The quantitative estimate of drug-likeness (QED) is 0.516. The minimum atomic E-state index is -4.74. The van der Waals surface area contributed by atoms with E-state index in [0.717, 1.165) is 10.7 Å². The first-order chi connectivity index (χ1) is 12.3. The van der Waals surface area contributed by atoms with E-state index in [0.29, 0.717) is 31.1 Å². The molecule has 0 spiro atoms. The second kappa shape index (κ2) is 6.90. The van der Waals surface area contributed by atoms with Crippen LogP contribution in [0.1, 0.15) is 0 Å². The molecule has 1 aromatic heterocycles. The Bertz CT molecular complexity index is 704. The molecule has 2 saturated heterocycles. The molecule has 2 aliphatic heterocycles. The molecule has 0 aliphatic carbocycles. The van der Waals surface area contributed by atoms with Gasteiger partial charge >= 0.3 is 24.0 Å². The zero-order chi connectivity index (χ0) is 18.9. The molecule has 3 rings (SSSR count). The minimum absolute atomic E-state index is 0.0447. The summed E-state index contributed by atoms with van der Waals surface area (Å²) in [6, 6.07) is 4.47. The Morgan fingerprint density at radius 3 is 2.27 bits per heavy atom. The molecule has 0 bridgehead atoms. The SMILES string of the molecule is O=C1C(=O)N(CC(F)(F)F)C(=O)N1C[NH+]1CCN(c2cccc[nH+]2)CC1. The van der Waals surface area contributed by atoms with Gasteiger partial charge < -0.3 is 4.90 Å². The molecule has 11 heteroatoms. The van der Waals surface area contributed by atoms with Crippen molar-refractivity contribution < 1.29 is 37.4 Å². The second-order valence-corrected chi connectivity index (χ2v) is 6.17. The monoisotopic (exact) mass is 373 g/mol. The summed E-state index contributed by atoms with van der Waals surface area (Å²) in [5.74, 6) is -1.69. The highest BCUT2D eigenvalue weighted by atomic mass is 19.4. The number of halogens is 3. The lowest BCUT2D eigenvalue weighted by Crippen LogP contribution is -3.16. The van der Waals surface area contributed by atoms with Gasteiger partial charge in [-0.25, -0.2) is 19.6 Å². The van der Waals surface area contributed by atoms with Crippen molar-refractivity contribution >= 4 is 23.7 Å². The van der Waals surface area contributed by atoms with Crippen LogP contribution in [0, 0.1) is 0 Å². The lowest BCUT2D eigenvalue weighted by atomic mass is 10.3. The first kappa shape index (κ1) is 18.1. The average molecular weight is 373 g/mol. The van der Waals surface area contributed by atoms with Crippen LogP contribution in [0.3, 0.4) is 0 Å². The lowest BCUT2D eigenvalue weighted by Gasteiger charge is -2.29. The van der Waals surface area contributed by atoms with Crippen molar-refractivity contribution in [2.75, 3.05) is 44.3 Å². The van der Waals surface area contributed by atoms with Crippen LogP contribution in [0.15, 0.2) is 24.4 Å². The summed E-state index contributed by atoms with van der Waals surface area (Å²) in [4.78, 5) is 42.2. The summed E-state index contributed by atoms with van der Waals surface area (Å²) in [5.41, 5.74) is 0. The number of imide groups is 2. The van der Waals surface area contributed by atoms with E-state index < -0.39 is 30.6 Å². The Kier molecular flexibility index (Phi) is 4.81. The van der Waals surface area contributed by atoms with E-state index in [1.54, 1.807) is 6.20 Å². The molecule has 4 amide bonds. The molecule has 2 fully saturated rings. The fraction of sp³-hybridized carbons (Fsp3) is 0.467. The van der Waals surface area contributed by atoms with Gasteiger partial charge in [0.25, 0.3) is 5.82 Å². The van der Waals surface area contributed by atoms with Crippen molar-refractivity contribution in [3.8, 4) is 0 Å². The fourth-order valence-corrected chi connectivity index (χ4v) is 3.03. The smallest absolute Gasteiger partial charge is 0.311 e. The van der Waals surface area contributed by atoms with Crippen molar-refractivity contribution in [3.63, 3.8) is 0 Å². The van der Waals surface area contributed by atoms with Gasteiger partial charge in [-0.3, -0.25) is 14.5 Å². The molecule has 2 N–H and O–H groups in total. The van der Waals surface area contributed by atoms with Gasteiger partial charge in [-0.1, -0.05) is 6.07 Å². The third-order valence-corrected chi connectivity index (χ3v) is 4.36. The Morgan fingerprint density at radius 1 is 1.04 bits per heavy atom. The summed E-state index contributed by atoms with van der Waals surface area (Å²) in [7, 11) is 0. The van der Waals surface area contributed by atoms with Crippen LogP contribution in [0.25, 0.3) is 0 Å². The number of alkyl halides is 3. The number of hydrogen-bond donors (Lipinski definition) is 1. The first-order valence-electron chi connectivity index (χ1n) is 8.05. The number of hydrogen-bond acceptors (Lipinski definition) is 4. The van der Waals surface area contributed by atoms with Crippen molar-refractivity contribution in [1.82, 2.24) is 9.80 Å². The topological polar surface area (TPSA) is 79.5 Å². The number of aromatic amines is 1. The third-order valence-electron chi connectivity index (χ3n) is 4.36. The summed E-state index contributed by atoms with van der Waals surface area (Å²) in [6.07, 6.45) is -2.94. The van der Waals surface area contributed by atoms with Crippen LogP contribution in [0.4, 0.5) is 23.8 Å². The summed E-state index contributed by atoms with van der Waals surface area (Å²) in [5, 5.41) is 0. The summed E-state index contributed by atoms with van der Waals surface area (Å²) < 4.78 is 37.4. The standard InChI is InChI=1S/C15H16F3N5O3/c16-15(17,18)9-22-12(24)13(25)23(14(22)26)10-20-5-7-21(8-6-20)11-3-1-2-4-19-11/h1-4H,5-10H2/p+2. The number of anilines is 1. The highest BCUT2D eigenvalue weighted by Gasteiger charge is 2.50. The molecular weight excluding hydrogens is 355 g/mol. The summed E-state index contributed by atoms with van der Waals surface area (Å²) >= 11 is 0. The number of nitrogens with one attached hydrogen (secondary N) is 2. The van der Waals surface area contributed by atoms with Crippen molar-refractivity contribution in [1.29, 1.82) is 0 Å². The molecule has 0 atom stereocenters. The number of carbonyl (C=O) groups excluding carboxylic acids is 3. The number of rotatable bonds is 4. The highest BCUT2D eigenvalue weighted by molar-refractivity contribution is 6.44. The Morgan fingerprint density at radius 2 is 1.69 bits per heavy atom. The number of carbonyl (C=O) groups is 3. The zero-order valence-corrected chi connectivity index (χ0v) is 13.8. The predicted molar refractivity (Wildman–Crippen MR) is 80.8 cm³/mol. The van der Waals surface area contributed by atoms with Crippen LogP contribution < -0.4 is 14.8 Å². The normalized spacial score (nSPS) is 19.7. The Labute approximate surface area is 146 Å². The van der Waals surface area contributed by atoms with Gasteiger partial charge in [0.2, 0.25) is 0 Å². The lowest BCUT2D eigenvalue weighted by molar-refractivity contribution is -0.908. The van der Waals surface area contributed by atoms with E-state index >= 15 is 0 Å². The van der Waals surface area contributed by atoms with Crippen molar-refractivity contribution in [2.24, 2.45) is 0 Å². The van der Waals surface area contributed by atoms with Gasteiger partial charge in [0.15, 0.2) is 6.67 Å². The van der Waals surface area contributed by atoms with Gasteiger partial charge in [0, 0.05) is 6.07 Å². The second-order valence-electron chi connectivity index (χ2n) is 6.17. The van der Waals surface area contributed by atoms with Crippen LogP contribution in [-0.2, 0) is 9.59 Å². The van der Waals surface area contributed by atoms with Crippen LogP contribution in [-0.4, -0.2) is 73.2 Å². The molecule has 0 radical (unpaired) electrons. The maximum absolute atomic E-state index is 12.5. The van der Waals surface area contributed by atoms with Crippen molar-refractivity contribution in [3.05, 3.63) is 24.4 Å². The van der Waals surface area contributed by atoms with E-state index in [9.17, 15) is 27.6 Å². The number of H-pyrrole nitrogens is 1. The van der Waals surface area contributed by atoms with E-state index in [2.05, 4.69) is 9.88 Å². The molecule has 0 aromatic carbocycles. The molecule has 26 heavy (non-hydrogen) atoms. The molecule has 8 nitrogen and oxygen atoms in total. The zero-order valence-electron chi connectivity index (χ0n) is 13.8. The Hall–Kier alpha value is -2.69. The van der Waals surface area contributed by atoms with Gasteiger partial charge in [-0.15, -0.1) is 0 Å². The molecule has 0 unspecified atom stereocenters. The summed E-state index contributed by atoms with van der Waals surface area (Å²) in [6.45, 7) is 0.572. The number of aromatic nitrogens is 1. The fourth-order valence-electron chi connectivity index (χ4n) is 3.03. The number of quaternary nitrogens is 1. The van der Waals surface area contributed by atoms with Gasteiger partial charge in [-0.2, -0.15) is 13.2 Å². The molecular formula is C15H18F3N5O3+2. The maximum atomic E-state index is 12.5. The highest BCUT2D eigenvalue weighted by Crippen LogP contribution is 2.20. The molecule has 2 aliphatic rings. The predicted octanol–water partition coefficient (Wildman–Crippen LogP) is -1.48. The number of piperazine rings is 1. The maximum Gasteiger partial charge on any atom is 0.406 e.